The van der Waals surface area contributed by atoms with Crippen LogP contribution in [0.5, 0.6) is 11.5 Å². The maximum atomic E-state index is 12.5. The Morgan fingerprint density at radius 1 is 0.939 bits per heavy atom. The van der Waals surface area contributed by atoms with Crippen LogP contribution in [0.1, 0.15) is 6.42 Å². The lowest BCUT2D eigenvalue weighted by molar-refractivity contribution is 0.354. The minimum absolute atomic E-state index is 0.115. The Morgan fingerprint density at radius 3 is 2.33 bits per heavy atom. The highest BCUT2D eigenvalue weighted by molar-refractivity contribution is 7.89. The molecule has 0 aliphatic heterocycles. The van der Waals surface area contributed by atoms with Crippen LogP contribution >= 0.6 is 0 Å². The lowest BCUT2D eigenvalue weighted by Crippen LogP contribution is -2.26. The van der Waals surface area contributed by atoms with Crippen LogP contribution in [0.15, 0.2) is 59.6 Å². The standard InChI is InChI=1S/C23H29N5O4S/c1-28(2)18-8-6-17(7-9-18)20-12-15-25-23(27-20)24-13-5-14-26-33(29,30)19-10-11-21(31-3)22(16-19)32-4/h6-12,15-16,26H,5,13-14H2,1-4H3,(H,24,25,27). The highest BCUT2D eigenvalue weighted by Gasteiger charge is 2.16. The first-order valence-electron chi connectivity index (χ1n) is 10.4. The number of hydrogen-bond donors (Lipinski definition) is 2. The third-order valence-electron chi connectivity index (χ3n) is 4.93. The second-order valence-corrected chi connectivity index (χ2v) is 9.17. The number of anilines is 2. The van der Waals surface area contributed by atoms with E-state index in [1.807, 2.05) is 49.3 Å². The van der Waals surface area contributed by atoms with Gasteiger partial charge in [-0.25, -0.2) is 23.1 Å². The monoisotopic (exact) mass is 471 g/mol. The molecule has 33 heavy (non-hydrogen) atoms. The molecule has 0 saturated carbocycles. The molecule has 3 aromatic rings. The number of ether oxygens (including phenoxy) is 2. The second kappa shape index (κ2) is 11.0. The SMILES string of the molecule is COc1ccc(S(=O)(=O)NCCCNc2nccc(-c3ccc(N(C)C)cc3)n2)cc1OC. The maximum Gasteiger partial charge on any atom is 0.240 e. The molecule has 0 radical (unpaired) electrons. The van der Waals surface area contributed by atoms with Gasteiger partial charge in [-0.1, -0.05) is 12.1 Å². The summed E-state index contributed by atoms with van der Waals surface area (Å²) in [6, 6.07) is 14.4. The highest BCUT2D eigenvalue weighted by atomic mass is 32.2. The fourth-order valence-electron chi connectivity index (χ4n) is 3.10. The van der Waals surface area contributed by atoms with E-state index in [2.05, 4.69) is 20.0 Å². The quantitative estimate of drug-likeness (QED) is 0.411. The third-order valence-corrected chi connectivity index (χ3v) is 6.39. The van der Waals surface area contributed by atoms with Crippen molar-refractivity contribution in [3.63, 3.8) is 0 Å². The van der Waals surface area contributed by atoms with Gasteiger partial charge >= 0.3 is 0 Å². The predicted octanol–water partition coefficient (Wildman–Crippen LogP) is 3.01. The lowest BCUT2D eigenvalue weighted by Gasteiger charge is -2.13. The fourth-order valence-corrected chi connectivity index (χ4v) is 4.19. The predicted molar refractivity (Wildman–Crippen MR) is 130 cm³/mol. The van der Waals surface area contributed by atoms with Crippen molar-refractivity contribution in [1.29, 1.82) is 0 Å². The third kappa shape index (κ3) is 6.33. The Kier molecular flexibility index (Phi) is 8.07. The van der Waals surface area contributed by atoms with Crippen molar-refractivity contribution in [3.8, 4) is 22.8 Å². The largest absolute Gasteiger partial charge is 0.493 e. The molecule has 3 rings (SSSR count). The summed E-state index contributed by atoms with van der Waals surface area (Å²) in [7, 11) is 3.29. The summed E-state index contributed by atoms with van der Waals surface area (Å²) in [4.78, 5) is 10.9. The summed E-state index contributed by atoms with van der Waals surface area (Å²) in [5.41, 5.74) is 2.92. The van der Waals surface area contributed by atoms with Gasteiger partial charge in [0.1, 0.15) is 0 Å². The molecule has 0 unspecified atom stereocenters. The number of sulfonamides is 1. The van der Waals surface area contributed by atoms with Crippen molar-refractivity contribution in [2.45, 2.75) is 11.3 Å². The van der Waals surface area contributed by atoms with Crippen LogP contribution in [0, 0.1) is 0 Å². The topological polar surface area (TPSA) is 106 Å². The van der Waals surface area contributed by atoms with Gasteiger partial charge < -0.3 is 19.7 Å². The molecule has 0 atom stereocenters. The van der Waals surface area contributed by atoms with Crippen LogP contribution in [0.4, 0.5) is 11.6 Å². The maximum absolute atomic E-state index is 12.5. The molecule has 2 N–H and O–H groups in total. The van der Waals surface area contributed by atoms with E-state index >= 15 is 0 Å². The van der Waals surface area contributed by atoms with Crippen LogP contribution in [0.2, 0.25) is 0 Å². The number of methoxy groups -OCH3 is 2. The van der Waals surface area contributed by atoms with E-state index in [4.69, 9.17) is 9.47 Å². The Morgan fingerprint density at radius 2 is 1.67 bits per heavy atom. The van der Waals surface area contributed by atoms with Crippen molar-refractivity contribution in [2.75, 3.05) is 51.6 Å². The minimum Gasteiger partial charge on any atom is -0.493 e. The van der Waals surface area contributed by atoms with Gasteiger partial charge in [-0.15, -0.1) is 0 Å². The van der Waals surface area contributed by atoms with E-state index in [1.165, 1.54) is 26.4 Å². The van der Waals surface area contributed by atoms with Crippen molar-refractivity contribution >= 4 is 21.7 Å². The van der Waals surface area contributed by atoms with Crippen molar-refractivity contribution < 1.29 is 17.9 Å². The number of nitrogens with one attached hydrogen (secondary N) is 2. The molecule has 0 bridgehead atoms. The molecule has 10 heteroatoms. The molecule has 0 aliphatic carbocycles. The zero-order chi connectivity index (χ0) is 23.8. The van der Waals surface area contributed by atoms with Crippen molar-refractivity contribution in [2.24, 2.45) is 0 Å². The summed E-state index contributed by atoms with van der Waals surface area (Å²) >= 11 is 0. The number of hydrogen-bond acceptors (Lipinski definition) is 8. The summed E-state index contributed by atoms with van der Waals surface area (Å²) in [6.45, 7) is 0.771. The van der Waals surface area contributed by atoms with Gasteiger partial charge in [0.05, 0.1) is 24.8 Å². The Labute approximate surface area is 194 Å². The van der Waals surface area contributed by atoms with E-state index in [0.717, 1.165) is 16.9 Å². The second-order valence-electron chi connectivity index (χ2n) is 7.40. The molecule has 176 valence electrons. The molecule has 0 spiro atoms. The Bertz CT molecular complexity index is 1170. The smallest absolute Gasteiger partial charge is 0.240 e. The summed E-state index contributed by atoms with van der Waals surface area (Å²) in [6.07, 6.45) is 2.25. The zero-order valence-corrected chi connectivity index (χ0v) is 20.0. The van der Waals surface area contributed by atoms with Gasteiger partial charge in [0.15, 0.2) is 11.5 Å². The Hall–Kier alpha value is -3.37. The van der Waals surface area contributed by atoms with Gasteiger partial charge in [0.25, 0.3) is 0 Å². The van der Waals surface area contributed by atoms with Crippen LogP contribution in [0.25, 0.3) is 11.3 Å². The van der Waals surface area contributed by atoms with Crippen LogP contribution in [0.3, 0.4) is 0 Å². The lowest BCUT2D eigenvalue weighted by atomic mass is 10.1. The average molecular weight is 472 g/mol. The minimum atomic E-state index is -3.66. The fraction of sp³-hybridized carbons (Fsp3) is 0.304. The number of nitrogens with zero attached hydrogens (tertiary/aromatic N) is 3. The van der Waals surface area contributed by atoms with Crippen molar-refractivity contribution in [3.05, 3.63) is 54.7 Å². The normalized spacial score (nSPS) is 11.2. The summed E-state index contributed by atoms with van der Waals surface area (Å²) in [5.74, 6) is 1.32. The highest BCUT2D eigenvalue weighted by Crippen LogP contribution is 2.29. The van der Waals surface area contributed by atoms with E-state index in [9.17, 15) is 8.42 Å². The average Bonchev–Trinajstić information content (AvgIpc) is 2.83. The number of rotatable bonds is 11. The van der Waals surface area contributed by atoms with Gasteiger partial charge in [-0.3, -0.25) is 0 Å². The first-order chi connectivity index (χ1) is 15.8. The molecule has 9 nitrogen and oxygen atoms in total. The summed E-state index contributed by atoms with van der Waals surface area (Å²) in [5, 5.41) is 3.14. The van der Waals surface area contributed by atoms with E-state index < -0.39 is 10.0 Å². The van der Waals surface area contributed by atoms with Crippen LogP contribution < -0.4 is 24.4 Å². The number of aromatic nitrogens is 2. The molecule has 2 aromatic carbocycles. The van der Waals surface area contributed by atoms with E-state index in [-0.39, 0.29) is 11.4 Å². The summed E-state index contributed by atoms with van der Waals surface area (Å²) < 4.78 is 38.0. The van der Waals surface area contributed by atoms with Crippen LogP contribution in [-0.2, 0) is 10.0 Å². The van der Waals surface area contributed by atoms with Gasteiger partial charge in [-0.2, -0.15) is 0 Å². The van der Waals surface area contributed by atoms with Gasteiger partial charge in [-0.05, 0) is 36.8 Å². The molecule has 0 fully saturated rings. The van der Waals surface area contributed by atoms with E-state index in [1.54, 1.807) is 12.3 Å². The van der Waals surface area contributed by atoms with Crippen LogP contribution in [-0.4, -0.2) is 59.8 Å². The first-order valence-corrected chi connectivity index (χ1v) is 11.9. The van der Waals surface area contributed by atoms with E-state index in [0.29, 0.717) is 30.4 Å². The van der Waals surface area contributed by atoms with Gasteiger partial charge in [0.2, 0.25) is 16.0 Å². The molecule has 1 heterocycles. The molecular weight excluding hydrogens is 442 g/mol. The van der Waals surface area contributed by atoms with Crippen molar-refractivity contribution in [1.82, 2.24) is 14.7 Å². The van der Waals surface area contributed by atoms with Gasteiger partial charge in [0, 0.05) is 50.7 Å². The Balaban J connectivity index is 1.52. The molecule has 1 aromatic heterocycles. The number of benzene rings is 2. The zero-order valence-electron chi connectivity index (χ0n) is 19.2. The molecular formula is C23H29N5O4S. The molecule has 0 saturated heterocycles. The first kappa shape index (κ1) is 24.3. The molecule has 0 amide bonds. The molecule has 0 aliphatic rings.